The standard InChI is InChI=1S/C17H26N2O2/c1-6-9-19-13(11-18)12-21-16-8-7-14(20-5)10-15(16)17(2,3)4/h7-8,10,13,19H,6,9,12H2,1-5H3. The maximum atomic E-state index is 9.13. The first kappa shape index (κ1) is 17.3. The van der Waals surface area contributed by atoms with Crippen molar-refractivity contribution < 1.29 is 9.47 Å². The lowest BCUT2D eigenvalue weighted by atomic mass is 9.86. The average molecular weight is 290 g/mol. The molecule has 0 heterocycles. The van der Waals surface area contributed by atoms with E-state index in [2.05, 4.69) is 39.1 Å². The SMILES string of the molecule is CCCNC(C#N)COc1ccc(OC)cc1C(C)(C)C. The molecular weight excluding hydrogens is 264 g/mol. The molecule has 0 aliphatic rings. The van der Waals surface area contributed by atoms with Crippen LogP contribution in [0.2, 0.25) is 0 Å². The van der Waals surface area contributed by atoms with Gasteiger partial charge in [0.1, 0.15) is 24.1 Å². The molecule has 0 aromatic heterocycles. The predicted octanol–water partition coefficient (Wildman–Crippen LogP) is 3.26. The summed E-state index contributed by atoms with van der Waals surface area (Å²) < 4.78 is 11.2. The Bertz CT molecular complexity index is 487. The van der Waals surface area contributed by atoms with E-state index in [4.69, 9.17) is 14.7 Å². The van der Waals surface area contributed by atoms with Crippen LogP contribution in [0.15, 0.2) is 18.2 Å². The van der Waals surface area contributed by atoms with Crippen LogP contribution < -0.4 is 14.8 Å². The number of hydrogen-bond acceptors (Lipinski definition) is 4. The van der Waals surface area contributed by atoms with Gasteiger partial charge in [-0.25, -0.2) is 0 Å². The van der Waals surface area contributed by atoms with Crippen molar-refractivity contribution in [3.8, 4) is 17.6 Å². The Labute approximate surface area is 128 Å². The summed E-state index contributed by atoms with van der Waals surface area (Å²) in [5, 5.41) is 12.3. The second kappa shape index (κ2) is 7.90. The van der Waals surface area contributed by atoms with Gasteiger partial charge in [-0.1, -0.05) is 27.7 Å². The van der Waals surface area contributed by atoms with Gasteiger partial charge in [-0.15, -0.1) is 0 Å². The van der Waals surface area contributed by atoms with E-state index < -0.39 is 0 Å². The normalized spacial score (nSPS) is 12.6. The van der Waals surface area contributed by atoms with Crippen molar-refractivity contribution in [2.75, 3.05) is 20.3 Å². The number of methoxy groups -OCH3 is 1. The molecule has 1 atom stereocenters. The van der Waals surface area contributed by atoms with Gasteiger partial charge in [0.05, 0.1) is 13.2 Å². The molecule has 1 aromatic rings. The molecule has 0 saturated carbocycles. The Morgan fingerprint density at radius 3 is 2.57 bits per heavy atom. The molecule has 116 valence electrons. The maximum absolute atomic E-state index is 9.13. The van der Waals surface area contributed by atoms with Crippen LogP contribution in [-0.2, 0) is 5.41 Å². The van der Waals surface area contributed by atoms with Crippen molar-refractivity contribution >= 4 is 0 Å². The first-order valence-electron chi connectivity index (χ1n) is 7.36. The third kappa shape index (κ3) is 5.28. The number of benzene rings is 1. The molecular formula is C17H26N2O2. The summed E-state index contributed by atoms with van der Waals surface area (Å²) in [5.74, 6) is 1.62. The third-order valence-corrected chi connectivity index (χ3v) is 3.20. The molecule has 1 unspecified atom stereocenters. The minimum atomic E-state index is -0.292. The lowest BCUT2D eigenvalue weighted by Gasteiger charge is -2.24. The van der Waals surface area contributed by atoms with E-state index in [0.29, 0.717) is 6.61 Å². The highest BCUT2D eigenvalue weighted by Crippen LogP contribution is 2.34. The smallest absolute Gasteiger partial charge is 0.130 e. The van der Waals surface area contributed by atoms with Crippen molar-refractivity contribution in [2.24, 2.45) is 0 Å². The highest BCUT2D eigenvalue weighted by atomic mass is 16.5. The summed E-state index contributed by atoms with van der Waals surface area (Å²) in [5.41, 5.74) is 1.03. The largest absolute Gasteiger partial charge is 0.497 e. The zero-order chi connectivity index (χ0) is 15.9. The van der Waals surface area contributed by atoms with Crippen LogP contribution in [-0.4, -0.2) is 26.3 Å². The Kier molecular flexibility index (Phi) is 6.51. The van der Waals surface area contributed by atoms with Gasteiger partial charge in [-0.3, -0.25) is 5.32 Å². The molecule has 0 aliphatic heterocycles. The number of ether oxygens (including phenoxy) is 2. The third-order valence-electron chi connectivity index (χ3n) is 3.20. The van der Waals surface area contributed by atoms with Gasteiger partial charge in [0.15, 0.2) is 0 Å². The predicted molar refractivity (Wildman–Crippen MR) is 84.9 cm³/mol. The number of rotatable bonds is 7. The fourth-order valence-electron chi connectivity index (χ4n) is 1.98. The minimum absolute atomic E-state index is 0.0527. The summed E-state index contributed by atoms with van der Waals surface area (Å²) in [7, 11) is 1.66. The van der Waals surface area contributed by atoms with Gasteiger partial charge in [0.25, 0.3) is 0 Å². The maximum Gasteiger partial charge on any atom is 0.130 e. The highest BCUT2D eigenvalue weighted by molar-refractivity contribution is 5.44. The summed E-state index contributed by atoms with van der Waals surface area (Å²) in [6, 6.07) is 7.72. The van der Waals surface area contributed by atoms with Gasteiger partial charge < -0.3 is 9.47 Å². The van der Waals surface area contributed by atoms with Gasteiger partial charge in [0, 0.05) is 5.56 Å². The molecule has 0 spiro atoms. The Hall–Kier alpha value is -1.73. The monoisotopic (exact) mass is 290 g/mol. The van der Waals surface area contributed by atoms with Crippen molar-refractivity contribution in [2.45, 2.75) is 45.6 Å². The van der Waals surface area contributed by atoms with Gasteiger partial charge >= 0.3 is 0 Å². The second-order valence-corrected chi connectivity index (χ2v) is 6.06. The molecule has 0 fully saturated rings. The second-order valence-electron chi connectivity index (χ2n) is 6.06. The molecule has 0 bridgehead atoms. The zero-order valence-corrected chi connectivity index (χ0v) is 13.7. The van der Waals surface area contributed by atoms with Crippen molar-refractivity contribution in [3.05, 3.63) is 23.8 Å². The van der Waals surface area contributed by atoms with Crippen LogP contribution in [0.25, 0.3) is 0 Å². The van der Waals surface area contributed by atoms with E-state index in [1.54, 1.807) is 7.11 Å². The van der Waals surface area contributed by atoms with Crippen LogP contribution in [0.1, 0.15) is 39.7 Å². The van der Waals surface area contributed by atoms with Gasteiger partial charge in [-0.05, 0) is 36.6 Å². The lowest BCUT2D eigenvalue weighted by Crippen LogP contribution is -2.34. The molecule has 0 amide bonds. The van der Waals surface area contributed by atoms with E-state index in [1.165, 1.54) is 0 Å². The molecule has 1 N–H and O–H groups in total. The highest BCUT2D eigenvalue weighted by Gasteiger charge is 2.20. The number of nitrogens with zero attached hydrogens (tertiary/aromatic N) is 1. The lowest BCUT2D eigenvalue weighted by molar-refractivity contribution is 0.282. The van der Waals surface area contributed by atoms with E-state index in [1.807, 2.05) is 18.2 Å². The summed E-state index contributed by atoms with van der Waals surface area (Å²) in [6.45, 7) is 9.62. The van der Waals surface area contributed by atoms with Gasteiger partial charge in [-0.2, -0.15) is 5.26 Å². The molecule has 4 heteroatoms. The topological polar surface area (TPSA) is 54.3 Å². The molecule has 4 nitrogen and oxygen atoms in total. The van der Waals surface area contributed by atoms with Crippen LogP contribution in [0.5, 0.6) is 11.5 Å². The molecule has 21 heavy (non-hydrogen) atoms. The Balaban J connectivity index is 2.85. The number of nitrogens with one attached hydrogen (secondary N) is 1. The van der Waals surface area contributed by atoms with Crippen LogP contribution in [0.3, 0.4) is 0 Å². The van der Waals surface area contributed by atoms with E-state index in [-0.39, 0.29) is 11.5 Å². The molecule has 0 radical (unpaired) electrons. The molecule has 1 aromatic carbocycles. The van der Waals surface area contributed by atoms with Crippen molar-refractivity contribution in [1.82, 2.24) is 5.32 Å². The van der Waals surface area contributed by atoms with E-state index >= 15 is 0 Å². The number of nitriles is 1. The van der Waals surface area contributed by atoms with Gasteiger partial charge in [0.2, 0.25) is 0 Å². The fourth-order valence-corrected chi connectivity index (χ4v) is 1.98. The minimum Gasteiger partial charge on any atom is -0.497 e. The molecule has 0 saturated heterocycles. The summed E-state index contributed by atoms with van der Waals surface area (Å²) in [4.78, 5) is 0. The first-order valence-corrected chi connectivity index (χ1v) is 7.36. The van der Waals surface area contributed by atoms with Crippen molar-refractivity contribution in [3.63, 3.8) is 0 Å². The average Bonchev–Trinajstić information content (AvgIpc) is 2.46. The van der Waals surface area contributed by atoms with Crippen LogP contribution in [0, 0.1) is 11.3 Å². The van der Waals surface area contributed by atoms with Crippen molar-refractivity contribution in [1.29, 1.82) is 5.26 Å². The molecule has 0 aliphatic carbocycles. The Morgan fingerprint density at radius 1 is 1.33 bits per heavy atom. The Morgan fingerprint density at radius 2 is 2.05 bits per heavy atom. The number of hydrogen-bond donors (Lipinski definition) is 1. The van der Waals surface area contributed by atoms with Crippen LogP contribution >= 0.6 is 0 Å². The van der Waals surface area contributed by atoms with E-state index in [0.717, 1.165) is 30.0 Å². The van der Waals surface area contributed by atoms with Crippen LogP contribution in [0.4, 0.5) is 0 Å². The summed E-state index contributed by atoms with van der Waals surface area (Å²) >= 11 is 0. The summed E-state index contributed by atoms with van der Waals surface area (Å²) in [6.07, 6.45) is 0.994. The zero-order valence-electron chi connectivity index (χ0n) is 13.7. The van der Waals surface area contributed by atoms with E-state index in [9.17, 15) is 0 Å². The quantitative estimate of drug-likeness (QED) is 0.837. The first-order chi connectivity index (χ1) is 9.92. The molecule has 1 rings (SSSR count). The fraction of sp³-hybridized carbons (Fsp3) is 0.588.